The number of anilines is 2. The van der Waals surface area contributed by atoms with Gasteiger partial charge in [-0.1, -0.05) is 12.1 Å². The lowest BCUT2D eigenvalue weighted by Crippen LogP contribution is -2.43. The highest BCUT2D eigenvalue weighted by atomic mass is 16.5. The van der Waals surface area contributed by atoms with E-state index in [9.17, 15) is 4.79 Å². The fourth-order valence-corrected chi connectivity index (χ4v) is 3.12. The quantitative estimate of drug-likeness (QED) is 0.755. The van der Waals surface area contributed by atoms with Crippen molar-refractivity contribution < 1.29 is 14.3 Å². The minimum Gasteiger partial charge on any atom is -0.497 e. The zero-order valence-corrected chi connectivity index (χ0v) is 14.4. The Morgan fingerprint density at radius 1 is 1.08 bits per heavy atom. The Kier molecular flexibility index (Phi) is 3.96. The maximum absolute atomic E-state index is 13.3. The number of aromatic amines is 1. The Morgan fingerprint density at radius 2 is 1.92 bits per heavy atom. The number of para-hydroxylation sites is 1. The van der Waals surface area contributed by atoms with Crippen LogP contribution in [0.25, 0.3) is 0 Å². The Balaban J connectivity index is 1.88. The predicted octanol–water partition coefficient (Wildman–Crippen LogP) is 3.20. The van der Waals surface area contributed by atoms with Crippen molar-refractivity contribution in [2.45, 2.75) is 6.17 Å². The lowest BCUT2D eigenvalue weighted by molar-refractivity contribution is 0.0973. The minimum atomic E-state index is -0.442. The molecule has 1 amide bonds. The molecular formula is C19H18N4O3. The summed E-state index contributed by atoms with van der Waals surface area (Å²) >= 11 is 0. The molecule has 1 aliphatic heterocycles. The summed E-state index contributed by atoms with van der Waals surface area (Å²) in [5.41, 5.74) is 2.78. The van der Waals surface area contributed by atoms with Gasteiger partial charge >= 0.3 is 0 Å². The second-order valence-electron chi connectivity index (χ2n) is 5.82. The molecule has 132 valence electrons. The number of nitrogens with one attached hydrogen (secondary N) is 2. The van der Waals surface area contributed by atoms with Gasteiger partial charge in [-0.15, -0.1) is 0 Å². The first-order chi connectivity index (χ1) is 12.7. The number of fused-ring (bicyclic) bond motifs is 1. The highest BCUT2D eigenvalue weighted by Crippen LogP contribution is 2.41. The highest BCUT2D eigenvalue weighted by Gasteiger charge is 2.36. The summed E-state index contributed by atoms with van der Waals surface area (Å²) in [6, 6.07) is 14.6. The molecule has 1 atom stereocenters. The van der Waals surface area contributed by atoms with Crippen LogP contribution in [0.15, 0.2) is 54.7 Å². The van der Waals surface area contributed by atoms with E-state index in [4.69, 9.17) is 9.47 Å². The van der Waals surface area contributed by atoms with Gasteiger partial charge in [-0.25, -0.2) is 0 Å². The number of hydrogen-bond donors (Lipinski definition) is 2. The first-order valence-electron chi connectivity index (χ1n) is 8.13. The summed E-state index contributed by atoms with van der Waals surface area (Å²) in [5.74, 6) is 1.08. The van der Waals surface area contributed by atoms with Gasteiger partial charge in [0, 0.05) is 18.0 Å². The van der Waals surface area contributed by atoms with Gasteiger partial charge in [0.15, 0.2) is 0 Å². The predicted molar refractivity (Wildman–Crippen MR) is 97.7 cm³/mol. The molecule has 1 aliphatic rings. The molecule has 1 aromatic heterocycles. The van der Waals surface area contributed by atoms with Crippen LogP contribution in [0, 0.1) is 0 Å². The van der Waals surface area contributed by atoms with Gasteiger partial charge in [0.1, 0.15) is 17.7 Å². The number of hydrogen-bond acceptors (Lipinski definition) is 5. The van der Waals surface area contributed by atoms with Crippen molar-refractivity contribution >= 4 is 17.3 Å². The molecular weight excluding hydrogens is 332 g/mol. The van der Waals surface area contributed by atoms with Crippen LogP contribution >= 0.6 is 0 Å². The minimum absolute atomic E-state index is 0.123. The SMILES string of the molecule is COc1ccc(N2C(=O)c3ccccc3NC2c2ccn[nH]2)c(OC)c1. The summed E-state index contributed by atoms with van der Waals surface area (Å²) in [7, 11) is 3.16. The molecule has 0 spiro atoms. The van der Waals surface area contributed by atoms with Gasteiger partial charge in [0.2, 0.25) is 0 Å². The van der Waals surface area contributed by atoms with Crippen molar-refractivity contribution in [1.29, 1.82) is 0 Å². The molecule has 0 bridgehead atoms. The number of amides is 1. The number of rotatable bonds is 4. The molecule has 0 fully saturated rings. The van der Waals surface area contributed by atoms with E-state index in [2.05, 4.69) is 15.5 Å². The molecule has 2 N–H and O–H groups in total. The third-order valence-electron chi connectivity index (χ3n) is 4.39. The highest BCUT2D eigenvalue weighted by molar-refractivity contribution is 6.12. The van der Waals surface area contributed by atoms with Crippen molar-refractivity contribution in [3.8, 4) is 11.5 Å². The number of ether oxygens (including phenoxy) is 2. The molecule has 0 radical (unpaired) electrons. The summed E-state index contributed by atoms with van der Waals surface area (Å²) in [4.78, 5) is 15.0. The number of methoxy groups -OCH3 is 2. The number of aromatic nitrogens is 2. The topological polar surface area (TPSA) is 79.5 Å². The molecule has 4 rings (SSSR count). The van der Waals surface area contributed by atoms with Gasteiger partial charge < -0.3 is 14.8 Å². The van der Waals surface area contributed by atoms with E-state index in [-0.39, 0.29) is 5.91 Å². The molecule has 0 saturated heterocycles. The zero-order valence-electron chi connectivity index (χ0n) is 14.4. The first-order valence-corrected chi connectivity index (χ1v) is 8.13. The van der Waals surface area contributed by atoms with Gasteiger partial charge in [-0.3, -0.25) is 14.8 Å². The third-order valence-corrected chi connectivity index (χ3v) is 4.39. The van der Waals surface area contributed by atoms with Crippen molar-refractivity contribution in [3.05, 3.63) is 66.0 Å². The van der Waals surface area contributed by atoms with Gasteiger partial charge in [0.25, 0.3) is 5.91 Å². The second-order valence-corrected chi connectivity index (χ2v) is 5.82. The van der Waals surface area contributed by atoms with E-state index in [1.165, 1.54) is 0 Å². The van der Waals surface area contributed by atoms with Crippen LogP contribution in [0.3, 0.4) is 0 Å². The average Bonchev–Trinajstić information content (AvgIpc) is 3.22. The first kappa shape index (κ1) is 16.0. The third kappa shape index (κ3) is 2.54. The molecule has 26 heavy (non-hydrogen) atoms. The fraction of sp³-hybridized carbons (Fsp3) is 0.158. The fourth-order valence-electron chi connectivity index (χ4n) is 3.12. The van der Waals surface area contributed by atoms with E-state index in [0.717, 1.165) is 11.4 Å². The lowest BCUT2D eigenvalue weighted by Gasteiger charge is -2.37. The van der Waals surface area contributed by atoms with Gasteiger partial charge in [-0.05, 0) is 30.3 Å². The van der Waals surface area contributed by atoms with E-state index in [0.29, 0.717) is 22.7 Å². The monoisotopic (exact) mass is 350 g/mol. The number of nitrogens with zero attached hydrogens (tertiary/aromatic N) is 2. The number of H-pyrrole nitrogens is 1. The van der Waals surface area contributed by atoms with Crippen LogP contribution in [-0.4, -0.2) is 30.3 Å². The molecule has 7 nitrogen and oxygen atoms in total. The summed E-state index contributed by atoms with van der Waals surface area (Å²) in [6.07, 6.45) is 1.22. The standard InChI is InChI=1S/C19H18N4O3/c1-25-12-7-8-16(17(11-12)26-2)23-18(15-9-10-20-22-15)21-14-6-4-3-5-13(14)19(23)24/h3-11,18,21H,1-2H3,(H,20,22). The molecule has 2 aromatic carbocycles. The summed E-state index contributed by atoms with van der Waals surface area (Å²) in [5, 5.41) is 10.4. The Morgan fingerprint density at radius 3 is 2.65 bits per heavy atom. The van der Waals surface area contributed by atoms with Crippen molar-refractivity contribution in [3.63, 3.8) is 0 Å². The van der Waals surface area contributed by atoms with E-state index >= 15 is 0 Å². The van der Waals surface area contributed by atoms with Gasteiger partial charge in [-0.2, -0.15) is 5.10 Å². The lowest BCUT2D eigenvalue weighted by atomic mass is 10.0. The molecule has 2 heterocycles. The van der Waals surface area contributed by atoms with Crippen molar-refractivity contribution in [2.24, 2.45) is 0 Å². The maximum Gasteiger partial charge on any atom is 0.262 e. The van der Waals surface area contributed by atoms with Crippen molar-refractivity contribution in [2.75, 3.05) is 24.4 Å². The van der Waals surface area contributed by atoms with Crippen LogP contribution < -0.4 is 19.7 Å². The molecule has 7 heteroatoms. The molecule has 3 aromatic rings. The number of benzene rings is 2. The van der Waals surface area contributed by atoms with Crippen LogP contribution in [-0.2, 0) is 0 Å². The molecule has 0 saturated carbocycles. The number of carbonyl (C=O) groups is 1. The normalized spacial score (nSPS) is 16.0. The summed E-state index contributed by atoms with van der Waals surface area (Å²) < 4.78 is 10.8. The average molecular weight is 350 g/mol. The summed E-state index contributed by atoms with van der Waals surface area (Å²) in [6.45, 7) is 0. The smallest absolute Gasteiger partial charge is 0.262 e. The maximum atomic E-state index is 13.3. The number of carbonyl (C=O) groups excluding carboxylic acids is 1. The molecule has 1 unspecified atom stereocenters. The van der Waals surface area contributed by atoms with Crippen LogP contribution in [0.2, 0.25) is 0 Å². The van der Waals surface area contributed by atoms with E-state index in [1.54, 1.807) is 43.5 Å². The van der Waals surface area contributed by atoms with Crippen LogP contribution in [0.1, 0.15) is 22.2 Å². The van der Waals surface area contributed by atoms with E-state index < -0.39 is 6.17 Å². The zero-order chi connectivity index (χ0) is 18.1. The van der Waals surface area contributed by atoms with Crippen LogP contribution in [0.4, 0.5) is 11.4 Å². The Labute approximate surface area is 150 Å². The van der Waals surface area contributed by atoms with Crippen LogP contribution in [0.5, 0.6) is 11.5 Å². The van der Waals surface area contributed by atoms with Gasteiger partial charge in [0.05, 0.1) is 31.2 Å². The largest absolute Gasteiger partial charge is 0.497 e. The second kappa shape index (κ2) is 6.44. The Bertz CT molecular complexity index is 940. The van der Waals surface area contributed by atoms with Crippen molar-refractivity contribution in [1.82, 2.24) is 10.2 Å². The Hall–Kier alpha value is -3.48. The molecule has 0 aliphatic carbocycles. The van der Waals surface area contributed by atoms with E-state index in [1.807, 2.05) is 30.3 Å².